The number of carbonyl (C=O) groups excluding carboxylic acids is 1. The number of para-hydroxylation sites is 1. The predicted octanol–water partition coefficient (Wildman–Crippen LogP) is 1.47. The van der Waals surface area contributed by atoms with Gasteiger partial charge >= 0.3 is 5.69 Å². The molecule has 2 atom stereocenters. The summed E-state index contributed by atoms with van der Waals surface area (Å²) in [7, 11) is 0. The first kappa shape index (κ1) is 13.8. The zero-order valence-corrected chi connectivity index (χ0v) is 11.5. The maximum Gasteiger partial charge on any atom is 0.304 e. The molecule has 1 aliphatic carbocycles. The molecule has 2 unspecified atom stereocenters. The van der Waals surface area contributed by atoms with E-state index < -0.39 is 10.8 Å². The average Bonchev–Trinajstić information content (AvgIpc) is 3.18. The number of benzene rings is 1. The summed E-state index contributed by atoms with van der Waals surface area (Å²) in [6, 6.07) is 4.30. The highest BCUT2D eigenvalue weighted by molar-refractivity contribution is 6.00. The monoisotopic (exact) mass is 291 g/mol. The molecule has 3 rings (SSSR count). The van der Waals surface area contributed by atoms with Gasteiger partial charge in [0.05, 0.1) is 17.1 Å². The highest BCUT2D eigenvalue weighted by Gasteiger charge is 2.41. The van der Waals surface area contributed by atoms with Crippen LogP contribution in [0.2, 0.25) is 0 Å². The number of nitrogens with zero attached hydrogens (tertiary/aromatic N) is 1. The van der Waals surface area contributed by atoms with Crippen molar-refractivity contribution in [3.63, 3.8) is 0 Å². The fraction of sp³-hybridized carbons (Fsp3) is 0.500. The molecule has 21 heavy (non-hydrogen) atoms. The van der Waals surface area contributed by atoms with E-state index in [1.807, 2.05) is 0 Å². The van der Waals surface area contributed by atoms with Crippen LogP contribution >= 0.6 is 0 Å². The fourth-order valence-corrected chi connectivity index (χ4v) is 2.85. The van der Waals surface area contributed by atoms with Crippen molar-refractivity contribution >= 4 is 17.3 Å². The van der Waals surface area contributed by atoms with E-state index in [4.69, 9.17) is 10.5 Å². The van der Waals surface area contributed by atoms with E-state index in [9.17, 15) is 14.9 Å². The summed E-state index contributed by atoms with van der Waals surface area (Å²) in [5.74, 6) is 0.0452. The number of ether oxygens (including phenoxy) is 1. The summed E-state index contributed by atoms with van der Waals surface area (Å²) >= 11 is 0. The lowest BCUT2D eigenvalue weighted by molar-refractivity contribution is -0.384. The number of carbonyl (C=O) groups is 1. The molecular weight excluding hydrogens is 274 g/mol. The molecule has 112 valence electrons. The maximum absolute atomic E-state index is 12.3. The Morgan fingerprint density at radius 3 is 2.81 bits per heavy atom. The number of nitrogens with two attached hydrogens (primary N) is 1. The van der Waals surface area contributed by atoms with Gasteiger partial charge in [0.25, 0.3) is 5.91 Å². The zero-order chi connectivity index (χ0) is 15.0. The summed E-state index contributed by atoms with van der Waals surface area (Å²) < 4.78 is 5.65. The van der Waals surface area contributed by atoms with Gasteiger partial charge in [-0.3, -0.25) is 14.9 Å². The van der Waals surface area contributed by atoms with Crippen LogP contribution in [0.1, 0.15) is 29.6 Å². The Kier molecular flexibility index (Phi) is 3.50. The van der Waals surface area contributed by atoms with E-state index in [1.165, 1.54) is 12.1 Å². The molecule has 1 heterocycles. The molecule has 0 spiro atoms. The Hall–Kier alpha value is -2.15. The van der Waals surface area contributed by atoms with Gasteiger partial charge in [-0.05, 0) is 37.3 Å². The highest BCUT2D eigenvalue weighted by Crippen LogP contribution is 2.39. The third-order valence-electron chi connectivity index (χ3n) is 4.03. The van der Waals surface area contributed by atoms with Gasteiger partial charge < -0.3 is 15.8 Å². The standard InChI is InChI=1S/C14H17N3O4/c15-10-3-1-2-9(12(10)17(19)20)14(18)16-11-6-7-21-13(11)8-4-5-8/h1-3,8,11,13H,4-7,15H2,(H,16,18). The molecule has 0 radical (unpaired) electrons. The Labute approximate surface area is 121 Å². The number of nitrogens with one attached hydrogen (secondary N) is 1. The maximum atomic E-state index is 12.3. The molecule has 1 aromatic rings. The molecule has 7 nitrogen and oxygen atoms in total. The summed E-state index contributed by atoms with van der Waals surface area (Å²) in [6.07, 6.45) is 3.02. The zero-order valence-electron chi connectivity index (χ0n) is 11.5. The Morgan fingerprint density at radius 1 is 1.38 bits per heavy atom. The fourth-order valence-electron chi connectivity index (χ4n) is 2.85. The van der Waals surface area contributed by atoms with Gasteiger partial charge in [0, 0.05) is 6.61 Å². The lowest BCUT2D eigenvalue weighted by Crippen LogP contribution is -2.41. The van der Waals surface area contributed by atoms with Crippen LogP contribution in [0.15, 0.2) is 18.2 Å². The van der Waals surface area contributed by atoms with Crippen LogP contribution in [0.25, 0.3) is 0 Å². The van der Waals surface area contributed by atoms with E-state index >= 15 is 0 Å². The van der Waals surface area contributed by atoms with Gasteiger partial charge in [-0.25, -0.2) is 0 Å². The van der Waals surface area contributed by atoms with Crippen LogP contribution in [-0.2, 0) is 4.74 Å². The van der Waals surface area contributed by atoms with Crippen LogP contribution in [0.3, 0.4) is 0 Å². The number of hydrogen-bond acceptors (Lipinski definition) is 5. The molecule has 2 aliphatic rings. The van der Waals surface area contributed by atoms with Gasteiger partial charge in [-0.1, -0.05) is 6.07 Å². The summed E-state index contributed by atoms with van der Waals surface area (Å²) in [4.78, 5) is 22.8. The van der Waals surface area contributed by atoms with Crippen LogP contribution in [0.5, 0.6) is 0 Å². The van der Waals surface area contributed by atoms with Crippen molar-refractivity contribution in [2.24, 2.45) is 5.92 Å². The third-order valence-corrected chi connectivity index (χ3v) is 4.03. The largest absolute Gasteiger partial charge is 0.393 e. The predicted molar refractivity (Wildman–Crippen MR) is 75.8 cm³/mol. The van der Waals surface area contributed by atoms with E-state index in [0.717, 1.165) is 19.3 Å². The molecule has 1 amide bonds. The van der Waals surface area contributed by atoms with Crippen molar-refractivity contribution in [1.29, 1.82) is 0 Å². The van der Waals surface area contributed by atoms with Gasteiger partial charge in [0.2, 0.25) is 0 Å². The Morgan fingerprint density at radius 2 is 2.14 bits per heavy atom. The van der Waals surface area contributed by atoms with Gasteiger partial charge in [0.1, 0.15) is 11.3 Å². The van der Waals surface area contributed by atoms with E-state index in [2.05, 4.69) is 5.32 Å². The normalized spacial score (nSPS) is 24.8. The van der Waals surface area contributed by atoms with E-state index in [1.54, 1.807) is 6.07 Å². The van der Waals surface area contributed by atoms with Crippen molar-refractivity contribution in [3.8, 4) is 0 Å². The Bertz CT molecular complexity index is 586. The number of nitro benzene ring substituents is 1. The molecular formula is C14H17N3O4. The number of anilines is 1. The van der Waals surface area contributed by atoms with Gasteiger partial charge in [-0.2, -0.15) is 0 Å². The van der Waals surface area contributed by atoms with E-state index in [-0.39, 0.29) is 29.1 Å². The van der Waals surface area contributed by atoms with Crippen molar-refractivity contribution < 1.29 is 14.5 Å². The molecule has 0 bridgehead atoms. The van der Waals surface area contributed by atoms with Crippen molar-refractivity contribution in [2.45, 2.75) is 31.4 Å². The molecule has 1 saturated carbocycles. The third kappa shape index (κ3) is 2.69. The van der Waals surface area contributed by atoms with Gasteiger partial charge in [0.15, 0.2) is 0 Å². The second-order valence-electron chi connectivity index (χ2n) is 5.54. The molecule has 2 fully saturated rings. The minimum Gasteiger partial charge on any atom is -0.393 e. The van der Waals surface area contributed by atoms with Crippen LogP contribution in [0.4, 0.5) is 11.4 Å². The lowest BCUT2D eigenvalue weighted by atomic mass is 10.0. The molecule has 7 heteroatoms. The summed E-state index contributed by atoms with van der Waals surface area (Å²) in [5, 5.41) is 14.0. The first-order valence-electron chi connectivity index (χ1n) is 7.03. The van der Waals surface area contributed by atoms with Gasteiger partial charge in [-0.15, -0.1) is 0 Å². The van der Waals surface area contributed by atoms with Crippen molar-refractivity contribution in [3.05, 3.63) is 33.9 Å². The highest BCUT2D eigenvalue weighted by atomic mass is 16.6. The summed E-state index contributed by atoms with van der Waals surface area (Å²) in [6.45, 7) is 0.616. The van der Waals surface area contributed by atoms with Crippen LogP contribution in [0, 0.1) is 16.0 Å². The minimum atomic E-state index is -0.617. The number of rotatable bonds is 4. The number of nitrogen functional groups attached to an aromatic ring is 1. The second kappa shape index (κ2) is 5.33. The molecule has 3 N–H and O–H groups in total. The smallest absolute Gasteiger partial charge is 0.304 e. The molecule has 1 saturated heterocycles. The quantitative estimate of drug-likeness (QED) is 0.496. The first-order chi connectivity index (χ1) is 10.1. The first-order valence-corrected chi connectivity index (χ1v) is 7.03. The second-order valence-corrected chi connectivity index (χ2v) is 5.54. The van der Waals surface area contributed by atoms with Crippen molar-refractivity contribution in [2.75, 3.05) is 12.3 Å². The summed E-state index contributed by atoms with van der Waals surface area (Å²) in [5.41, 5.74) is 5.27. The number of hydrogen-bond donors (Lipinski definition) is 2. The molecule has 1 aliphatic heterocycles. The van der Waals surface area contributed by atoms with Crippen molar-refractivity contribution in [1.82, 2.24) is 5.32 Å². The van der Waals surface area contributed by atoms with Crippen LogP contribution in [-0.4, -0.2) is 29.6 Å². The lowest BCUT2D eigenvalue weighted by Gasteiger charge is -2.19. The van der Waals surface area contributed by atoms with E-state index in [0.29, 0.717) is 12.5 Å². The molecule has 0 aromatic heterocycles. The topological polar surface area (TPSA) is 107 Å². The Balaban J connectivity index is 1.79. The number of nitro groups is 1. The molecule has 1 aromatic carbocycles. The van der Waals surface area contributed by atoms with Crippen LogP contribution < -0.4 is 11.1 Å². The minimum absolute atomic E-state index is 0.00134. The SMILES string of the molecule is Nc1cccc(C(=O)NC2CCOC2C2CC2)c1[N+](=O)[O-]. The average molecular weight is 291 g/mol. The number of amides is 1.